The van der Waals surface area contributed by atoms with Crippen molar-refractivity contribution in [1.29, 1.82) is 0 Å². The molecule has 22 heavy (non-hydrogen) atoms. The van der Waals surface area contributed by atoms with Crippen molar-refractivity contribution >= 4 is 18.0 Å². The fraction of sp³-hybridized carbons (Fsp3) is 0.471. The standard InChI is InChI=1S/C17H20N2O3/c1-17(2,3)22-16(21)19-13-6-7-14(19)15(20)12(13)9-11-5-4-8-18-10-11/h4-5,8-10,13-14H,6-7H2,1-3H3. The monoisotopic (exact) mass is 300 g/mol. The van der Waals surface area contributed by atoms with Gasteiger partial charge in [-0.1, -0.05) is 6.07 Å². The first kappa shape index (κ1) is 14.8. The fourth-order valence-corrected chi connectivity index (χ4v) is 3.11. The average molecular weight is 300 g/mol. The van der Waals surface area contributed by atoms with Crippen LogP contribution in [-0.2, 0) is 9.53 Å². The highest BCUT2D eigenvalue weighted by molar-refractivity contribution is 6.09. The lowest BCUT2D eigenvalue weighted by molar-refractivity contribution is -0.117. The predicted octanol–water partition coefficient (Wildman–Crippen LogP) is 2.82. The molecule has 1 aromatic rings. The normalized spacial score (nSPS) is 25.9. The second-order valence-electron chi connectivity index (χ2n) is 6.75. The first-order valence-corrected chi connectivity index (χ1v) is 7.54. The van der Waals surface area contributed by atoms with E-state index in [9.17, 15) is 9.59 Å². The SMILES string of the molecule is CC(C)(C)OC(=O)N1C2CCC1C(=Cc1cccnc1)C2=O. The third kappa shape index (κ3) is 2.63. The minimum absolute atomic E-state index is 0.0333. The first-order chi connectivity index (χ1) is 10.4. The summed E-state index contributed by atoms with van der Waals surface area (Å²) in [7, 11) is 0. The van der Waals surface area contributed by atoms with E-state index in [1.165, 1.54) is 0 Å². The molecular formula is C17H20N2O3. The highest BCUT2D eigenvalue weighted by Crippen LogP contribution is 2.40. The molecule has 2 unspecified atom stereocenters. The number of carbonyl (C=O) groups is 2. The van der Waals surface area contributed by atoms with Crippen molar-refractivity contribution in [2.24, 2.45) is 0 Å². The molecule has 3 heterocycles. The van der Waals surface area contributed by atoms with Crippen LogP contribution in [0.25, 0.3) is 6.08 Å². The molecule has 0 N–H and O–H groups in total. The van der Waals surface area contributed by atoms with Crippen LogP contribution in [0.3, 0.4) is 0 Å². The minimum Gasteiger partial charge on any atom is -0.444 e. The van der Waals surface area contributed by atoms with Gasteiger partial charge in [0.25, 0.3) is 0 Å². The number of amides is 1. The first-order valence-electron chi connectivity index (χ1n) is 7.54. The van der Waals surface area contributed by atoms with Crippen LogP contribution in [0.15, 0.2) is 30.1 Å². The van der Waals surface area contributed by atoms with Gasteiger partial charge in [-0.25, -0.2) is 4.79 Å². The number of aromatic nitrogens is 1. The topological polar surface area (TPSA) is 59.5 Å². The van der Waals surface area contributed by atoms with Crippen LogP contribution in [0.2, 0.25) is 0 Å². The van der Waals surface area contributed by atoms with Crippen molar-refractivity contribution in [2.45, 2.75) is 51.3 Å². The Hall–Kier alpha value is -2.17. The molecule has 2 bridgehead atoms. The molecule has 2 aliphatic heterocycles. The Kier molecular flexibility index (Phi) is 3.51. The van der Waals surface area contributed by atoms with Gasteiger partial charge in [0.2, 0.25) is 0 Å². The van der Waals surface area contributed by atoms with Crippen molar-refractivity contribution in [3.05, 3.63) is 35.7 Å². The van der Waals surface area contributed by atoms with Crippen LogP contribution in [0.5, 0.6) is 0 Å². The molecule has 1 aromatic heterocycles. The molecular weight excluding hydrogens is 280 g/mol. The van der Waals surface area contributed by atoms with Crippen LogP contribution in [0.4, 0.5) is 4.79 Å². The quantitative estimate of drug-likeness (QED) is 0.748. The van der Waals surface area contributed by atoms with E-state index in [0.29, 0.717) is 12.0 Å². The molecule has 0 spiro atoms. The smallest absolute Gasteiger partial charge is 0.411 e. The van der Waals surface area contributed by atoms with Gasteiger partial charge in [0, 0.05) is 18.0 Å². The number of hydrogen-bond donors (Lipinski definition) is 0. The van der Waals surface area contributed by atoms with Gasteiger partial charge in [-0.3, -0.25) is 14.7 Å². The van der Waals surface area contributed by atoms with Crippen LogP contribution in [-0.4, -0.2) is 39.4 Å². The summed E-state index contributed by atoms with van der Waals surface area (Å²) in [5.41, 5.74) is 1.01. The summed E-state index contributed by atoms with van der Waals surface area (Å²) < 4.78 is 5.44. The van der Waals surface area contributed by atoms with E-state index < -0.39 is 11.7 Å². The molecule has 2 aliphatic rings. The van der Waals surface area contributed by atoms with E-state index in [4.69, 9.17) is 4.74 Å². The van der Waals surface area contributed by atoms with E-state index in [1.54, 1.807) is 17.3 Å². The van der Waals surface area contributed by atoms with Crippen LogP contribution in [0.1, 0.15) is 39.2 Å². The van der Waals surface area contributed by atoms with Gasteiger partial charge in [0.15, 0.2) is 5.78 Å². The Balaban J connectivity index is 1.87. The number of fused-ring (bicyclic) bond motifs is 2. The Bertz CT molecular complexity index is 631. The molecule has 116 valence electrons. The molecule has 2 fully saturated rings. The van der Waals surface area contributed by atoms with Crippen molar-refractivity contribution < 1.29 is 14.3 Å². The Labute approximate surface area is 130 Å². The van der Waals surface area contributed by atoms with E-state index in [2.05, 4.69) is 4.98 Å². The summed E-state index contributed by atoms with van der Waals surface area (Å²) in [4.78, 5) is 30.6. The van der Waals surface area contributed by atoms with Crippen LogP contribution >= 0.6 is 0 Å². The molecule has 0 radical (unpaired) electrons. The maximum atomic E-state index is 12.5. The molecule has 0 saturated carbocycles. The van der Waals surface area contributed by atoms with Crippen molar-refractivity contribution in [3.8, 4) is 0 Å². The largest absolute Gasteiger partial charge is 0.444 e. The van der Waals surface area contributed by atoms with Gasteiger partial charge in [-0.2, -0.15) is 0 Å². The van der Waals surface area contributed by atoms with Gasteiger partial charge in [0.1, 0.15) is 5.60 Å². The molecule has 1 amide bonds. The highest BCUT2D eigenvalue weighted by Gasteiger charge is 2.52. The maximum Gasteiger partial charge on any atom is 0.411 e. The fourth-order valence-electron chi connectivity index (χ4n) is 3.11. The number of pyridine rings is 1. The Morgan fingerprint density at radius 3 is 2.73 bits per heavy atom. The Morgan fingerprint density at radius 1 is 1.36 bits per heavy atom. The maximum absolute atomic E-state index is 12.5. The summed E-state index contributed by atoms with van der Waals surface area (Å²) in [6, 6.07) is 3.18. The molecule has 0 aliphatic carbocycles. The molecule has 2 saturated heterocycles. The summed E-state index contributed by atoms with van der Waals surface area (Å²) in [5.74, 6) is 0.0333. The van der Waals surface area contributed by atoms with Gasteiger partial charge < -0.3 is 4.74 Å². The lowest BCUT2D eigenvalue weighted by atomic mass is 9.92. The molecule has 2 atom stereocenters. The molecule has 3 rings (SSSR count). The number of rotatable bonds is 1. The number of ether oxygens (including phenoxy) is 1. The van der Waals surface area contributed by atoms with Gasteiger partial charge in [-0.05, 0) is 51.3 Å². The summed E-state index contributed by atoms with van der Waals surface area (Å²) in [6.45, 7) is 5.49. The molecule has 0 aromatic carbocycles. The summed E-state index contributed by atoms with van der Waals surface area (Å²) >= 11 is 0. The predicted molar refractivity (Wildman–Crippen MR) is 82.1 cm³/mol. The molecule has 5 heteroatoms. The van der Waals surface area contributed by atoms with E-state index in [-0.39, 0.29) is 17.9 Å². The van der Waals surface area contributed by atoms with Crippen molar-refractivity contribution in [3.63, 3.8) is 0 Å². The summed E-state index contributed by atoms with van der Waals surface area (Å²) in [6.07, 6.45) is 6.37. The number of carbonyl (C=O) groups excluding carboxylic acids is 2. The second-order valence-corrected chi connectivity index (χ2v) is 6.75. The number of hydrogen-bond acceptors (Lipinski definition) is 4. The number of Topliss-reactive ketones (excluding diaryl/α,β-unsaturated/α-hetero) is 1. The lowest BCUT2D eigenvalue weighted by Crippen LogP contribution is -2.40. The summed E-state index contributed by atoms with van der Waals surface area (Å²) in [5, 5.41) is 0. The van der Waals surface area contributed by atoms with Crippen LogP contribution in [0, 0.1) is 0 Å². The van der Waals surface area contributed by atoms with Gasteiger partial charge in [0.05, 0.1) is 12.1 Å². The molecule has 5 nitrogen and oxygen atoms in total. The zero-order chi connectivity index (χ0) is 15.9. The third-order valence-electron chi connectivity index (χ3n) is 3.94. The second kappa shape index (κ2) is 5.23. The number of ketones is 1. The van der Waals surface area contributed by atoms with E-state index >= 15 is 0 Å². The van der Waals surface area contributed by atoms with E-state index in [0.717, 1.165) is 12.0 Å². The zero-order valence-corrected chi connectivity index (χ0v) is 13.1. The van der Waals surface area contributed by atoms with Crippen molar-refractivity contribution in [1.82, 2.24) is 9.88 Å². The van der Waals surface area contributed by atoms with Gasteiger partial charge in [-0.15, -0.1) is 0 Å². The highest BCUT2D eigenvalue weighted by atomic mass is 16.6. The Morgan fingerprint density at radius 2 is 2.09 bits per heavy atom. The van der Waals surface area contributed by atoms with Crippen molar-refractivity contribution in [2.75, 3.05) is 0 Å². The zero-order valence-electron chi connectivity index (χ0n) is 13.1. The van der Waals surface area contributed by atoms with Gasteiger partial charge >= 0.3 is 6.09 Å². The third-order valence-corrected chi connectivity index (χ3v) is 3.94. The van der Waals surface area contributed by atoms with E-state index in [1.807, 2.05) is 39.0 Å². The average Bonchev–Trinajstić information content (AvgIpc) is 2.96. The number of nitrogens with zero attached hydrogens (tertiary/aromatic N) is 2. The lowest BCUT2D eigenvalue weighted by Gasteiger charge is -2.26. The van der Waals surface area contributed by atoms with Crippen LogP contribution < -0.4 is 0 Å². The minimum atomic E-state index is -0.560.